The van der Waals surface area contributed by atoms with E-state index in [-0.39, 0.29) is 12.0 Å². The summed E-state index contributed by atoms with van der Waals surface area (Å²) >= 11 is 7.83. The molecule has 3 nitrogen and oxygen atoms in total. The Bertz CT molecular complexity index is 721. The fourth-order valence-corrected chi connectivity index (χ4v) is 5.04. The van der Waals surface area contributed by atoms with E-state index in [1.54, 1.807) is 11.3 Å². The highest BCUT2D eigenvalue weighted by Gasteiger charge is 2.36. The van der Waals surface area contributed by atoms with Crippen LogP contribution in [0.1, 0.15) is 34.9 Å². The Labute approximate surface area is 151 Å². The van der Waals surface area contributed by atoms with Gasteiger partial charge in [-0.2, -0.15) is 0 Å². The van der Waals surface area contributed by atoms with Crippen LogP contribution < -0.4 is 5.32 Å². The first-order valence-electron chi connectivity index (χ1n) is 8.57. The van der Waals surface area contributed by atoms with Crippen LogP contribution >= 0.6 is 22.9 Å². The standard InChI is InChI=1S/C19H21ClN2OS/c20-16-3-1-13(2-4-16)17-18-14(8-12-24-18)7-11-22(17)19(23)15-5-9-21-10-6-15/h1-4,8,12,15,17,21H,5-7,9-11H2. The number of rotatable bonds is 2. The highest BCUT2D eigenvalue weighted by Crippen LogP contribution is 2.40. The van der Waals surface area contributed by atoms with Gasteiger partial charge in [0.1, 0.15) is 0 Å². The summed E-state index contributed by atoms with van der Waals surface area (Å²) in [5.41, 5.74) is 2.54. The minimum absolute atomic E-state index is 0.0356. The van der Waals surface area contributed by atoms with Crippen molar-refractivity contribution >= 4 is 28.8 Å². The first-order valence-corrected chi connectivity index (χ1v) is 9.83. The van der Waals surface area contributed by atoms with Gasteiger partial charge in [0.05, 0.1) is 6.04 Å². The SMILES string of the molecule is O=C(C1CCNCC1)N1CCc2ccsc2C1c1ccc(Cl)cc1. The normalized spacial score (nSPS) is 21.5. The second-order valence-corrected chi connectivity index (χ2v) is 7.95. The highest BCUT2D eigenvalue weighted by molar-refractivity contribution is 7.10. The average molecular weight is 361 g/mol. The van der Waals surface area contributed by atoms with E-state index in [1.807, 2.05) is 12.1 Å². The van der Waals surface area contributed by atoms with Gasteiger partial charge in [0, 0.05) is 22.4 Å². The summed E-state index contributed by atoms with van der Waals surface area (Å²) in [5.74, 6) is 0.470. The summed E-state index contributed by atoms with van der Waals surface area (Å²) in [6, 6.07) is 10.2. The van der Waals surface area contributed by atoms with Crippen molar-refractivity contribution in [2.75, 3.05) is 19.6 Å². The number of thiophene rings is 1. The molecule has 2 aromatic rings. The van der Waals surface area contributed by atoms with E-state index >= 15 is 0 Å². The van der Waals surface area contributed by atoms with Crippen LogP contribution in [0.3, 0.4) is 0 Å². The maximum absolute atomic E-state index is 13.2. The minimum Gasteiger partial charge on any atom is -0.330 e. The van der Waals surface area contributed by atoms with E-state index in [1.165, 1.54) is 10.4 Å². The Morgan fingerprint density at radius 1 is 1.17 bits per heavy atom. The van der Waals surface area contributed by atoms with Gasteiger partial charge in [-0.1, -0.05) is 23.7 Å². The van der Waals surface area contributed by atoms with Crippen molar-refractivity contribution in [3.8, 4) is 0 Å². The third kappa shape index (κ3) is 2.99. The van der Waals surface area contributed by atoms with Crippen LogP contribution in [0.5, 0.6) is 0 Å². The summed E-state index contributed by atoms with van der Waals surface area (Å²) in [7, 11) is 0. The molecule has 0 saturated carbocycles. The minimum atomic E-state index is 0.0356. The molecule has 1 fully saturated rings. The molecule has 1 aromatic heterocycles. The zero-order valence-electron chi connectivity index (χ0n) is 13.5. The summed E-state index contributed by atoms with van der Waals surface area (Å²) in [6.07, 6.45) is 2.85. The summed E-state index contributed by atoms with van der Waals surface area (Å²) in [5, 5.41) is 6.23. The lowest BCUT2D eigenvalue weighted by molar-refractivity contribution is -0.138. The molecule has 1 atom stereocenters. The van der Waals surface area contributed by atoms with Gasteiger partial charge in [0.15, 0.2) is 0 Å². The Hall–Kier alpha value is -1.36. The maximum atomic E-state index is 13.2. The van der Waals surface area contributed by atoms with Crippen LogP contribution in [0.4, 0.5) is 0 Å². The number of hydrogen-bond acceptors (Lipinski definition) is 3. The van der Waals surface area contributed by atoms with Crippen molar-refractivity contribution in [1.82, 2.24) is 10.2 Å². The van der Waals surface area contributed by atoms with Gasteiger partial charge in [-0.3, -0.25) is 4.79 Å². The number of hydrogen-bond donors (Lipinski definition) is 1. The topological polar surface area (TPSA) is 32.3 Å². The Balaban J connectivity index is 1.69. The zero-order chi connectivity index (χ0) is 16.5. The van der Waals surface area contributed by atoms with Crippen molar-refractivity contribution in [3.63, 3.8) is 0 Å². The predicted octanol–water partition coefficient (Wildman–Crippen LogP) is 3.88. The lowest BCUT2D eigenvalue weighted by Gasteiger charge is -2.39. The molecule has 24 heavy (non-hydrogen) atoms. The van der Waals surface area contributed by atoms with E-state index in [0.29, 0.717) is 5.91 Å². The number of halogens is 1. The lowest BCUT2D eigenvalue weighted by Crippen LogP contribution is -2.45. The number of benzene rings is 1. The molecular weight excluding hydrogens is 340 g/mol. The third-order valence-electron chi connectivity index (χ3n) is 5.12. The number of carbonyl (C=O) groups is 1. The molecule has 1 N–H and O–H groups in total. The van der Waals surface area contributed by atoms with Gasteiger partial charge in [0.25, 0.3) is 0 Å². The summed E-state index contributed by atoms with van der Waals surface area (Å²) in [6.45, 7) is 2.69. The number of carbonyl (C=O) groups excluding carboxylic acids is 1. The predicted molar refractivity (Wildman–Crippen MR) is 98.6 cm³/mol. The van der Waals surface area contributed by atoms with E-state index < -0.39 is 0 Å². The number of fused-ring (bicyclic) bond motifs is 1. The first-order chi connectivity index (χ1) is 11.7. The molecule has 0 spiro atoms. The molecule has 1 aromatic carbocycles. The van der Waals surface area contributed by atoms with Gasteiger partial charge < -0.3 is 10.2 Å². The largest absolute Gasteiger partial charge is 0.330 e. The summed E-state index contributed by atoms with van der Waals surface area (Å²) in [4.78, 5) is 16.6. The van der Waals surface area contributed by atoms with Crippen LogP contribution in [0.2, 0.25) is 5.02 Å². The fraction of sp³-hybridized carbons (Fsp3) is 0.421. The van der Waals surface area contributed by atoms with E-state index in [2.05, 4.69) is 33.8 Å². The number of nitrogens with one attached hydrogen (secondary N) is 1. The molecule has 126 valence electrons. The van der Waals surface area contributed by atoms with Crippen molar-refractivity contribution < 1.29 is 4.79 Å². The molecular formula is C19H21ClN2OS. The van der Waals surface area contributed by atoms with Gasteiger partial charge >= 0.3 is 0 Å². The molecule has 1 unspecified atom stereocenters. The molecule has 1 amide bonds. The van der Waals surface area contributed by atoms with Crippen LogP contribution in [0.15, 0.2) is 35.7 Å². The molecule has 2 aliphatic heterocycles. The van der Waals surface area contributed by atoms with Crippen LogP contribution in [0, 0.1) is 5.92 Å². The van der Waals surface area contributed by atoms with Gasteiger partial charge in [-0.25, -0.2) is 0 Å². The first kappa shape index (κ1) is 16.1. The molecule has 3 heterocycles. The van der Waals surface area contributed by atoms with Crippen LogP contribution in [-0.4, -0.2) is 30.4 Å². The Morgan fingerprint density at radius 2 is 1.92 bits per heavy atom. The second-order valence-electron chi connectivity index (χ2n) is 6.57. The van der Waals surface area contributed by atoms with Gasteiger partial charge in [-0.15, -0.1) is 11.3 Å². The molecule has 2 aliphatic rings. The second kappa shape index (κ2) is 6.87. The summed E-state index contributed by atoms with van der Waals surface area (Å²) < 4.78 is 0. The van der Waals surface area contributed by atoms with Gasteiger partial charge in [-0.05, 0) is 67.1 Å². The monoisotopic (exact) mass is 360 g/mol. The van der Waals surface area contributed by atoms with Crippen molar-refractivity contribution in [3.05, 3.63) is 56.7 Å². The average Bonchev–Trinajstić information content (AvgIpc) is 3.10. The highest BCUT2D eigenvalue weighted by atomic mass is 35.5. The molecule has 0 radical (unpaired) electrons. The van der Waals surface area contributed by atoms with E-state index in [4.69, 9.17) is 11.6 Å². The number of nitrogens with zero attached hydrogens (tertiary/aromatic N) is 1. The fourth-order valence-electron chi connectivity index (χ4n) is 3.82. The Kier molecular flexibility index (Phi) is 4.61. The maximum Gasteiger partial charge on any atom is 0.226 e. The van der Waals surface area contributed by atoms with E-state index in [0.717, 1.165) is 49.5 Å². The van der Waals surface area contributed by atoms with Gasteiger partial charge in [0.2, 0.25) is 5.91 Å². The number of amides is 1. The van der Waals surface area contributed by atoms with Crippen molar-refractivity contribution in [1.29, 1.82) is 0 Å². The number of piperidine rings is 1. The zero-order valence-corrected chi connectivity index (χ0v) is 15.1. The molecule has 0 bridgehead atoms. The molecule has 1 saturated heterocycles. The smallest absolute Gasteiger partial charge is 0.226 e. The van der Waals surface area contributed by atoms with Crippen molar-refractivity contribution in [2.45, 2.75) is 25.3 Å². The molecule has 4 rings (SSSR count). The van der Waals surface area contributed by atoms with Crippen molar-refractivity contribution in [2.24, 2.45) is 5.92 Å². The van der Waals surface area contributed by atoms with Crippen LogP contribution in [0.25, 0.3) is 0 Å². The Morgan fingerprint density at radius 3 is 2.67 bits per heavy atom. The lowest BCUT2D eigenvalue weighted by atomic mass is 9.91. The third-order valence-corrected chi connectivity index (χ3v) is 6.38. The van der Waals surface area contributed by atoms with Crippen LogP contribution in [-0.2, 0) is 11.2 Å². The molecule has 0 aliphatic carbocycles. The van der Waals surface area contributed by atoms with E-state index in [9.17, 15) is 4.79 Å². The molecule has 5 heteroatoms. The quantitative estimate of drug-likeness (QED) is 0.881.